The molecule has 3 heteroatoms. The summed E-state index contributed by atoms with van der Waals surface area (Å²) in [6.45, 7) is 5.91. The zero-order valence-corrected chi connectivity index (χ0v) is 11.3. The first kappa shape index (κ1) is 13.3. The number of Topliss-reactive ketones (excluding diaryl/α,β-unsaturated/α-hetero) is 1. The first-order chi connectivity index (χ1) is 8.88. The van der Waals surface area contributed by atoms with Gasteiger partial charge in [0.2, 0.25) is 0 Å². The van der Waals surface area contributed by atoms with Crippen molar-refractivity contribution in [3.63, 3.8) is 0 Å². The van der Waals surface area contributed by atoms with Crippen LogP contribution in [0.4, 0.5) is 0 Å². The molecule has 0 saturated heterocycles. The van der Waals surface area contributed by atoms with Gasteiger partial charge in [0.1, 0.15) is 0 Å². The SMILES string of the molecule is CC(C)(C)[C@@H]1[C@@H](C(=O)c2ccccc2)C1(C#N)C#N. The number of benzene rings is 1. The van der Waals surface area contributed by atoms with Gasteiger partial charge in [-0.25, -0.2) is 0 Å². The lowest BCUT2D eigenvalue weighted by atomic mass is 9.85. The molecule has 1 saturated carbocycles. The zero-order valence-electron chi connectivity index (χ0n) is 11.3. The molecule has 0 heterocycles. The van der Waals surface area contributed by atoms with Crippen LogP contribution in [-0.4, -0.2) is 5.78 Å². The van der Waals surface area contributed by atoms with Gasteiger partial charge in [-0.3, -0.25) is 4.79 Å². The minimum Gasteiger partial charge on any atom is -0.294 e. The van der Waals surface area contributed by atoms with Gasteiger partial charge in [-0.15, -0.1) is 0 Å². The smallest absolute Gasteiger partial charge is 0.169 e. The number of hydrogen-bond donors (Lipinski definition) is 0. The number of nitrogens with zero attached hydrogens (tertiary/aromatic N) is 2. The molecule has 0 unspecified atom stereocenters. The third-order valence-electron chi connectivity index (χ3n) is 3.85. The van der Waals surface area contributed by atoms with Crippen LogP contribution < -0.4 is 0 Å². The molecule has 1 aliphatic carbocycles. The fourth-order valence-corrected chi connectivity index (χ4v) is 3.01. The van der Waals surface area contributed by atoms with Gasteiger partial charge in [0.05, 0.1) is 18.1 Å². The van der Waals surface area contributed by atoms with E-state index in [4.69, 9.17) is 0 Å². The Hall–Kier alpha value is -2.13. The zero-order chi connectivity index (χ0) is 14.3. The van der Waals surface area contributed by atoms with Crippen molar-refractivity contribution in [1.29, 1.82) is 10.5 Å². The summed E-state index contributed by atoms with van der Waals surface area (Å²) in [4.78, 5) is 12.5. The summed E-state index contributed by atoms with van der Waals surface area (Å²) in [6, 6.07) is 13.1. The van der Waals surface area contributed by atoms with Crippen LogP contribution in [0.1, 0.15) is 31.1 Å². The van der Waals surface area contributed by atoms with E-state index in [0.29, 0.717) is 5.56 Å². The second-order valence-corrected chi connectivity index (χ2v) is 6.14. The summed E-state index contributed by atoms with van der Waals surface area (Å²) < 4.78 is 0. The quantitative estimate of drug-likeness (QED) is 0.759. The van der Waals surface area contributed by atoms with E-state index in [-0.39, 0.29) is 17.1 Å². The van der Waals surface area contributed by atoms with Crippen LogP contribution in [-0.2, 0) is 0 Å². The largest absolute Gasteiger partial charge is 0.294 e. The number of nitriles is 2. The average Bonchev–Trinajstić information content (AvgIpc) is 3.09. The van der Waals surface area contributed by atoms with Crippen molar-refractivity contribution in [2.24, 2.45) is 22.7 Å². The van der Waals surface area contributed by atoms with Crippen LogP contribution in [0.2, 0.25) is 0 Å². The maximum absolute atomic E-state index is 12.5. The monoisotopic (exact) mass is 252 g/mol. The summed E-state index contributed by atoms with van der Waals surface area (Å²) >= 11 is 0. The van der Waals surface area contributed by atoms with Crippen molar-refractivity contribution in [3.8, 4) is 12.1 Å². The highest BCUT2D eigenvalue weighted by molar-refractivity contribution is 6.01. The lowest BCUT2D eigenvalue weighted by Crippen LogP contribution is -2.14. The lowest BCUT2D eigenvalue weighted by Gasteiger charge is -2.18. The summed E-state index contributed by atoms with van der Waals surface area (Å²) in [7, 11) is 0. The summed E-state index contributed by atoms with van der Waals surface area (Å²) in [5.41, 5.74) is -0.819. The normalized spacial score (nSPS) is 24.1. The van der Waals surface area contributed by atoms with Gasteiger partial charge >= 0.3 is 0 Å². The second kappa shape index (κ2) is 4.21. The predicted molar refractivity (Wildman–Crippen MR) is 70.9 cm³/mol. The van der Waals surface area contributed by atoms with Crippen molar-refractivity contribution in [2.45, 2.75) is 20.8 Å². The third kappa shape index (κ3) is 1.92. The number of rotatable bonds is 2. The Balaban J connectivity index is 2.39. The van der Waals surface area contributed by atoms with Crippen molar-refractivity contribution < 1.29 is 4.79 Å². The molecule has 0 amide bonds. The molecule has 1 fully saturated rings. The van der Waals surface area contributed by atoms with Crippen LogP contribution >= 0.6 is 0 Å². The highest BCUT2D eigenvalue weighted by Crippen LogP contribution is 2.66. The van der Waals surface area contributed by atoms with E-state index in [1.165, 1.54) is 0 Å². The Bertz CT molecular complexity index is 570. The summed E-state index contributed by atoms with van der Waals surface area (Å²) in [5.74, 6) is -0.809. The first-order valence-corrected chi connectivity index (χ1v) is 6.30. The standard InChI is InChI=1S/C16H16N2O/c1-15(2,3)14-12(16(14,9-17)10-18)13(19)11-7-5-4-6-8-11/h4-8,12,14H,1-3H3/t12-,14+/m1/s1. The van der Waals surface area contributed by atoms with Crippen molar-refractivity contribution in [2.75, 3.05) is 0 Å². The molecule has 0 N–H and O–H groups in total. The Labute approximate surface area is 113 Å². The Kier molecular flexibility index (Phi) is 2.95. The Morgan fingerprint density at radius 3 is 2.05 bits per heavy atom. The van der Waals surface area contributed by atoms with Crippen LogP contribution in [0.5, 0.6) is 0 Å². The maximum Gasteiger partial charge on any atom is 0.169 e. The molecule has 0 spiro atoms. The molecule has 0 bridgehead atoms. The van der Waals surface area contributed by atoms with Crippen LogP contribution in [0.25, 0.3) is 0 Å². The predicted octanol–water partition coefficient (Wildman–Crippen LogP) is 3.19. The van der Waals surface area contributed by atoms with Gasteiger partial charge in [-0.2, -0.15) is 10.5 Å². The molecule has 1 aliphatic rings. The highest BCUT2D eigenvalue weighted by Gasteiger charge is 2.73. The molecule has 1 aromatic carbocycles. The fourth-order valence-electron chi connectivity index (χ4n) is 3.01. The molecular formula is C16H16N2O. The van der Waals surface area contributed by atoms with Crippen molar-refractivity contribution in [1.82, 2.24) is 0 Å². The molecule has 19 heavy (non-hydrogen) atoms. The number of carbonyl (C=O) groups excluding carboxylic acids is 1. The Morgan fingerprint density at radius 2 is 1.68 bits per heavy atom. The second-order valence-electron chi connectivity index (χ2n) is 6.14. The number of carbonyl (C=O) groups is 1. The molecule has 0 radical (unpaired) electrons. The van der Waals surface area contributed by atoms with E-state index >= 15 is 0 Å². The van der Waals surface area contributed by atoms with Crippen molar-refractivity contribution >= 4 is 5.78 Å². The minimum absolute atomic E-state index is 0.0939. The van der Waals surface area contributed by atoms with Gasteiger partial charge in [0.25, 0.3) is 0 Å². The van der Waals surface area contributed by atoms with Gasteiger partial charge in [0, 0.05) is 11.5 Å². The maximum atomic E-state index is 12.5. The third-order valence-corrected chi connectivity index (χ3v) is 3.85. The molecule has 2 rings (SSSR count). The van der Waals surface area contributed by atoms with E-state index in [9.17, 15) is 15.3 Å². The van der Waals surface area contributed by atoms with Crippen LogP contribution in [0.15, 0.2) is 30.3 Å². The fraction of sp³-hybridized carbons (Fsp3) is 0.438. The van der Waals surface area contributed by atoms with E-state index in [2.05, 4.69) is 12.1 Å². The number of hydrogen-bond acceptors (Lipinski definition) is 3. The molecule has 3 nitrogen and oxygen atoms in total. The minimum atomic E-state index is -1.16. The summed E-state index contributed by atoms with van der Waals surface area (Å²) in [5, 5.41) is 18.7. The molecular weight excluding hydrogens is 236 g/mol. The van der Waals surface area contributed by atoms with E-state index < -0.39 is 11.3 Å². The Morgan fingerprint density at radius 1 is 1.16 bits per heavy atom. The molecule has 1 aromatic rings. The van der Waals surface area contributed by atoms with Gasteiger partial charge in [-0.05, 0) is 5.41 Å². The van der Waals surface area contributed by atoms with E-state index in [1.807, 2.05) is 26.8 Å². The van der Waals surface area contributed by atoms with E-state index in [0.717, 1.165) is 0 Å². The molecule has 96 valence electrons. The molecule has 0 aromatic heterocycles. The molecule has 2 atom stereocenters. The average molecular weight is 252 g/mol. The van der Waals surface area contributed by atoms with Crippen LogP contribution in [0.3, 0.4) is 0 Å². The van der Waals surface area contributed by atoms with Crippen LogP contribution in [0, 0.1) is 45.3 Å². The number of ketones is 1. The van der Waals surface area contributed by atoms with Crippen molar-refractivity contribution in [3.05, 3.63) is 35.9 Å². The van der Waals surface area contributed by atoms with Gasteiger partial charge in [-0.1, -0.05) is 51.1 Å². The van der Waals surface area contributed by atoms with Gasteiger partial charge < -0.3 is 0 Å². The highest BCUT2D eigenvalue weighted by atomic mass is 16.1. The lowest BCUT2D eigenvalue weighted by molar-refractivity contribution is 0.0945. The first-order valence-electron chi connectivity index (χ1n) is 6.30. The topological polar surface area (TPSA) is 64.7 Å². The molecule has 0 aliphatic heterocycles. The van der Waals surface area contributed by atoms with Gasteiger partial charge in [0.15, 0.2) is 11.2 Å². The summed E-state index contributed by atoms with van der Waals surface area (Å²) in [6.07, 6.45) is 0. The van der Waals surface area contributed by atoms with E-state index in [1.54, 1.807) is 24.3 Å².